The molecule has 0 bridgehead atoms. The summed E-state index contributed by atoms with van der Waals surface area (Å²) in [7, 11) is 0. The number of amidine groups is 1. The molecule has 1 aromatic carbocycles. The Balaban J connectivity index is 1.86. The summed E-state index contributed by atoms with van der Waals surface area (Å²) in [4.78, 5) is 17.5. The second kappa shape index (κ2) is 3.56. The van der Waals surface area contributed by atoms with Crippen LogP contribution < -0.4 is 11.1 Å². The number of aliphatic imine (C=N–C) groups is 1. The highest BCUT2D eigenvalue weighted by Gasteiger charge is 2.52. The third kappa shape index (κ3) is 1.43. The summed E-state index contributed by atoms with van der Waals surface area (Å²) in [6.07, 6.45) is 0. The van der Waals surface area contributed by atoms with E-state index in [-0.39, 0.29) is 11.6 Å². The maximum absolute atomic E-state index is 11.8. The Morgan fingerprint density at radius 2 is 2.06 bits per heavy atom. The lowest BCUT2D eigenvalue weighted by Crippen LogP contribution is -2.72. The Morgan fingerprint density at radius 1 is 1.35 bits per heavy atom. The molecule has 0 aromatic heterocycles. The number of nitrogens with two attached hydrogens (primary N) is 1. The Morgan fingerprint density at radius 3 is 2.65 bits per heavy atom. The molecule has 2 aliphatic heterocycles. The van der Waals surface area contributed by atoms with Gasteiger partial charge in [-0.05, 0) is 5.56 Å². The summed E-state index contributed by atoms with van der Waals surface area (Å²) < 4.78 is 0. The average molecular weight is 230 g/mol. The molecule has 0 saturated carbocycles. The van der Waals surface area contributed by atoms with Crippen LogP contribution >= 0.6 is 0 Å². The predicted octanol–water partition coefficient (Wildman–Crippen LogP) is 0.321. The van der Waals surface area contributed by atoms with Gasteiger partial charge in [-0.3, -0.25) is 0 Å². The first kappa shape index (κ1) is 10.3. The smallest absolute Gasteiger partial charge is 0.346 e. The van der Waals surface area contributed by atoms with Gasteiger partial charge in [0, 0.05) is 19.6 Å². The molecule has 5 nitrogen and oxygen atoms in total. The molecule has 1 saturated heterocycles. The number of rotatable bonds is 2. The first-order valence-electron chi connectivity index (χ1n) is 5.63. The van der Waals surface area contributed by atoms with Crippen LogP contribution in [0.25, 0.3) is 0 Å². The Bertz CT molecular complexity index is 479. The van der Waals surface area contributed by atoms with Gasteiger partial charge in [-0.2, -0.15) is 4.99 Å². The van der Waals surface area contributed by atoms with Crippen molar-refractivity contribution in [3.63, 3.8) is 0 Å². The van der Waals surface area contributed by atoms with E-state index in [2.05, 4.69) is 10.3 Å². The standard InChI is InChI=1S/C12H14N4O/c13-10-12(7-14-8-12)16(11(17)15-10)6-9-4-2-1-3-5-9/h1-5,14H,6-8H2,(H2,13,15,17). The number of urea groups is 1. The van der Waals surface area contributed by atoms with Gasteiger partial charge in [-0.25, -0.2) is 4.79 Å². The van der Waals surface area contributed by atoms with E-state index in [1.807, 2.05) is 30.3 Å². The SMILES string of the molecule is NC1=NC(=O)N(Cc2ccccc2)C12CNC2. The summed E-state index contributed by atoms with van der Waals surface area (Å²) in [5.41, 5.74) is 6.57. The minimum absolute atomic E-state index is 0.229. The van der Waals surface area contributed by atoms with Crippen LogP contribution in [0.4, 0.5) is 4.79 Å². The molecule has 3 rings (SSSR count). The molecule has 0 atom stereocenters. The molecule has 3 N–H and O–H groups in total. The molecule has 2 aliphatic rings. The van der Waals surface area contributed by atoms with Crippen molar-refractivity contribution in [3.8, 4) is 0 Å². The van der Waals surface area contributed by atoms with Gasteiger partial charge in [0.25, 0.3) is 0 Å². The number of carbonyl (C=O) groups is 1. The molecule has 2 amide bonds. The number of amides is 2. The van der Waals surface area contributed by atoms with Crippen molar-refractivity contribution in [2.75, 3.05) is 13.1 Å². The molecule has 1 spiro atoms. The molecule has 0 aliphatic carbocycles. The number of hydrogen-bond acceptors (Lipinski definition) is 3. The molecule has 1 fully saturated rings. The lowest BCUT2D eigenvalue weighted by molar-refractivity contribution is 0.128. The molecule has 5 heteroatoms. The van der Waals surface area contributed by atoms with E-state index in [1.165, 1.54) is 0 Å². The third-order valence-electron chi connectivity index (χ3n) is 3.46. The molecule has 0 radical (unpaired) electrons. The van der Waals surface area contributed by atoms with E-state index in [9.17, 15) is 4.79 Å². The van der Waals surface area contributed by atoms with Crippen molar-refractivity contribution in [3.05, 3.63) is 35.9 Å². The van der Waals surface area contributed by atoms with E-state index in [0.717, 1.165) is 5.56 Å². The van der Waals surface area contributed by atoms with E-state index in [4.69, 9.17) is 5.73 Å². The molecule has 17 heavy (non-hydrogen) atoms. The van der Waals surface area contributed by atoms with Crippen LogP contribution in [0, 0.1) is 0 Å². The molecule has 2 heterocycles. The fraction of sp³-hybridized carbons (Fsp3) is 0.333. The van der Waals surface area contributed by atoms with Crippen LogP contribution in [0.1, 0.15) is 5.56 Å². The first-order chi connectivity index (χ1) is 8.22. The van der Waals surface area contributed by atoms with Gasteiger partial charge in [0.2, 0.25) is 0 Å². The maximum atomic E-state index is 11.8. The second-order valence-corrected chi connectivity index (χ2v) is 4.49. The molecule has 88 valence electrons. The van der Waals surface area contributed by atoms with Crippen molar-refractivity contribution in [2.45, 2.75) is 12.1 Å². The highest BCUT2D eigenvalue weighted by atomic mass is 16.2. The predicted molar refractivity (Wildman–Crippen MR) is 64.6 cm³/mol. The zero-order valence-corrected chi connectivity index (χ0v) is 9.39. The van der Waals surface area contributed by atoms with Crippen LogP contribution in [0.5, 0.6) is 0 Å². The van der Waals surface area contributed by atoms with Gasteiger partial charge in [0.15, 0.2) is 0 Å². The van der Waals surface area contributed by atoms with Crippen molar-refractivity contribution in [1.29, 1.82) is 0 Å². The minimum Gasteiger partial charge on any atom is -0.385 e. The van der Waals surface area contributed by atoms with Gasteiger partial charge in [0.1, 0.15) is 11.4 Å². The lowest BCUT2D eigenvalue weighted by Gasteiger charge is -2.45. The fourth-order valence-corrected chi connectivity index (χ4v) is 2.31. The van der Waals surface area contributed by atoms with E-state index in [0.29, 0.717) is 25.5 Å². The molecular weight excluding hydrogens is 216 g/mol. The van der Waals surface area contributed by atoms with Crippen LogP contribution in [0.3, 0.4) is 0 Å². The number of carbonyl (C=O) groups excluding carboxylic acids is 1. The quantitative estimate of drug-likeness (QED) is 0.768. The van der Waals surface area contributed by atoms with Crippen LogP contribution in [-0.2, 0) is 6.54 Å². The van der Waals surface area contributed by atoms with Crippen molar-refractivity contribution < 1.29 is 4.79 Å². The zero-order chi connectivity index (χ0) is 11.9. The van der Waals surface area contributed by atoms with Gasteiger partial charge in [-0.1, -0.05) is 30.3 Å². The minimum atomic E-state index is -0.382. The normalized spacial score (nSPS) is 21.5. The summed E-state index contributed by atoms with van der Waals surface area (Å²) in [5, 5.41) is 3.16. The summed E-state index contributed by atoms with van der Waals surface area (Å²) >= 11 is 0. The fourth-order valence-electron chi connectivity index (χ4n) is 2.31. The van der Waals surface area contributed by atoms with Crippen LogP contribution in [0.2, 0.25) is 0 Å². The van der Waals surface area contributed by atoms with E-state index >= 15 is 0 Å². The van der Waals surface area contributed by atoms with Gasteiger partial charge in [-0.15, -0.1) is 0 Å². The van der Waals surface area contributed by atoms with Crippen molar-refractivity contribution >= 4 is 11.9 Å². The maximum Gasteiger partial charge on any atom is 0.346 e. The van der Waals surface area contributed by atoms with Gasteiger partial charge in [0.05, 0.1) is 0 Å². The van der Waals surface area contributed by atoms with Gasteiger partial charge < -0.3 is 16.0 Å². The van der Waals surface area contributed by atoms with E-state index < -0.39 is 0 Å². The monoisotopic (exact) mass is 230 g/mol. The average Bonchev–Trinajstić information content (AvgIpc) is 2.51. The van der Waals surface area contributed by atoms with E-state index in [1.54, 1.807) is 4.90 Å². The van der Waals surface area contributed by atoms with Crippen LogP contribution in [0.15, 0.2) is 35.3 Å². The molecular formula is C12H14N4O. The molecule has 0 unspecified atom stereocenters. The number of benzene rings is 1. The molecule has 1 aromatic rings. The van der Waals surface area contributed by atoms with Gasteiger partial charge >= 0.3 is 6.03 Å². The zero-order valence-electron chi connectivity index (χ0n) is 9.39. The Labute approximate surface area is 99.3 Å². The topological polar surface area (TPSA) is 70.7 Å². The summed E-state index contributed by atoms with van der Waals surface area (Å²) in [6, 6.07) is 9.66. The van der Waals surface area contributed by atoms with Crippen molar-refractivity contribution in [1.82, 2.24) is 10.2 Å². The highest BCUT2D eigenvalue weighted by molar-refractivity contribution is 6.06. The number of nitrogens with zero attached hydrogens (tertiary/aromatic N) is 2. The Hall–Kier alpha value is -1.88. The van der Waals surface area contributed by atoms with Crippen molar-refractivity contribution in [2.24, 2.45) is 10.7 Å². The second-order valence-electron chi connectivity index (χ2n) is 4.49. The highest BCUT2D eigenvalue weighted by Crippen LogP contribution is 2.29. The summed E-state index contributed by atoms with van der Waals surface area (Å²) in [6.45, 7) is 1.95. The lowest BCUT2D eigenvalue weighted by atomic mass is 9.89. The summed E-state index contributed by atoms with van der Waals surface area (Å²) in [5.74, 6) is 0.442. The Kier molecular flexibility index (Phi) is 2.16. The number of nitrogens with one attached hydrogen (secondary N) is 1. The largest absolute Gasteiger partial charge is 0.385 e. The first-order valence-corrected chi connectivity index (χ1v) is 5.63. The number of hydrogen-bond donors (Lipinski definition) is 2. The van der Waals surface area contributed by atoms with Crippen LogP contribution in [-0.4, -0.2) is 35.4 Å². The third-order valence-corrected chi connectivity index (χ3v) is 3.46.